The van der Waals surface area contributed by atoms with Gasteiger partial charge in [-0.25, -0.2) is 9.78 Å². The smallest absolute Gasteiger partial charge is 0.421 e. The third kappa shape index (κ3) is 2.43. The van der Waals surface area contributed by atoms with Crippen LogP contribution in [0.3, 0.4) is 0 Å². The van der Waals surface area contributed by atoms with Crippen LogP contribution in [-0.4, -0.2) is 16.1 Å². The number of rotatable bonds is 5. The number of aromatic nitrogens is 2. The van der Waals surface area contributed by atoms with E-state index in [2.05, 4.69) is 10.3 Å². The Morgan fingerprint density at radius 1 is 1.32 bits per heavy atom. The zero-order valence-corrected chi connectivity index (χ0v) is 10.2. The van der Waals surface area contributed by atoms with Crippen LogP contribution in [0.1, 0.15) is 5.76 Å². The number of fused-ring (bicyclic) bond motifs is 1. The first-order valence-electron chi connectivity index (χ1n) is 6.02. The molecule has 0 fully saturated rings. The Labute approximate surface area is 108 Å². The summed E-state index contributed by atoms with van der Waals surface area (Å²) in [6.45, 7) is 1.76. The molecule has 0 spiro atoms. The number of hydrogen-bond donors (Lipinski definition) is 1. The second-order valence-electron chi connectivity index (χ2n) is 4.10. The van der Waals surface area contributed by atoms with Gasteiger partial charge in [-0.1, -0.05) is 0 Å². The number of oxazole rings is 1. The van der Waals surface area contributed by atoms with Crippen molar-refractivity contribution in [2.24, 2.45) is 0 Å². The van der Waals surface area contributed by atoms with E-state index in [1.807, 2.05) is 12.1 Å². The summed E-state index contributed by atoms with van der Waals surface area (Å²) in [5.41, 5.74) is 1.09. The van der Waals surface area contributed by atoms with E-state index in [0.717, 1.165) is 5.76 Å². The van der Waals surface area contributed by atoms with E-state index in [1.54, 1.807) is 24.6 Å². The highest BCUT2D eigenvalue weighted by Crippen LogP contribution is 2.07. The van der Waals surface area contributed by atoms with Gasteiger partial charge in [0.05, 0.1) is 12.8 Å². The average Bonchev–Trinajstić information content (AvgIpc) is 3.02. The van der Waals surface area contributed by atoms with Crippen LogP contribution in [0.25, 0.3) is 11.2 Å². The third-order valence-electron chi connectivity index (χ3n) is 2.82. The minimum atomic E-state index is -0.381. The molecule has 0 aromatic carbocycles. The highest BCUT2D eigenvalue weighted by atomic mass is 16.4. The Morgan fingerprint density at radius 3 is 3.11 bits per heavy atom. The van der Waals surface area contributed by atoms with E-state index in [4.69, 9.17) is 8.83 Å². The first kappa shape index (κ1) is 11.7. The van der Waals surface area contributed by atoms with Crippen molar-refractivity contribution in [3.05, 3.63) is 53.0 Å². The molecule has 0 aliphatic carbocycles. The Hall–Kier alpha value is -2.34. The van der Waals surface area contributed by atoms with Gasteiger partial charge in [0.2, 0.25) is 0 Å². The van der Waals surface area contributed by atoms with Crippen molar-refractivity contribution in [1.82, 2.24) is 14.9 Å². The fourth-order valence-electron chi connectivity index (χ4n) is 1.91. The second kappa shape index (κ2) is 5.11. The molecule has 0 saturated heterocycles. The lowest BCUT2D eigenvalue weighted by Gasteiger charge is -2.03. The number of hydrogen-bond acceptors (Lipinski definition) is 5. The summed E-state index contributed by atoms with van der Waals surface area (Å²) >= 11 is 0. The van der Waals surface area contributed by atoms with E-state index < -0.39 is 0 Å². The molecule has 19 heavy (non-hydrogen) atoms. The van der Waals surface area contributed by atoms with Crippen LogP contribution in [0, 0.1) is 0 Å². The quantitative estimate of drug-likeness (QED) is 0.700. The Morgan fingerprint density at radius 2 is 2.26 bits per heavy atom. The van der Waals surface area contributed by atoms with Gasteiger partial charge in [-0.2, -0.15) is 0 Å². The molecular formula is C13H13N3O3. The molecule has 0 bridgehead atoms. The van der Waals surface area contributed by atoms with E-state index >= 15 is 0 Å². The van der Waals surface area contributed by atoms with Crippen LogP contribution in [0.4, 0.5) is 0 Å². The summed E-state index contributed by atoms with van der Waals surface area (Å²) in [5.74, 6) is 0.482. The highest BCUT2D eigenvalue weighted by molar-refractivity contribution is 5.67. The molecule has 6 nitrogen and oxygen atoms in total. The third-order valence-corrected chi connectivity index (χ3v) is 2.82. The van der Waals surface area contributed by atoms with Crippen molar-refractivity contribution in [2.45, 2.75) is 13.1 Å². The predicted octanol–water partition coefficient (Wildman–Crippen LogP) is 1.37. The molecular weight excluding hydrogens is 246 g/mol. The SMILES string of the molecule is O=c1oc2cccnc2n1CCNCc1ccco1. The van der Waals surface area contributed by atoms with Crippen LogP contribution in [0.15, 0.2) is 50.4 Å². The molecule has 0 unspecified atom stereocenters. The van der Waals surface area contributed by atoms with Gasteiger partial charge in [0.25, 0.3) is 0 Å². The molecule has 6 heteroatoms. The van der Waals surface area contributed by atoms with Gasteiger partial charge in [0.1, 0.15) is 5.76 Å². The van der Waals surface area contributed by atoms with Gasteiger partial charge < -0.3 is 14.2 Å². The normalized spacial score (nSPS) is 11.2. The molecule has 3 heterocycles. The molecule has 0 saturated carbocycles. The topological polar surface area (TPSA) is 73.2 Å². The lowest BCUT2D eigenvalue weighted by molar-refractivity contribution is 0.463. The minimum absolute atomic E-state index is 0.381. The van der Waals surface area contributed by atoms with E-state index in [-0.39, 0.29) is 5.76 Å². The van der Waals surface area contributed by atoms with Crippen molar-refractivity contribution in [3.63, 3.8) is 0 Å². The van der Waals surface area contributed by atoms with Crippen LogP contribution in [-0.2, 0) is 13.1 Å². The average molecular weight is 259 g/mol. The highest BCUT2D eigenvalue weighted by Gasteiger charge is 2.08. The summed E-state index contributed by atoms with van der Waals surface area (Å²) in [4.78, 5) is 15.8. The van der Waals surface area contributed by atoms with Crippen molar-refractivity contribution < 1.29 is 8.83 Å². The first-order chi connectivity index (χ1) is 9.34. The zero-order valence-electron chi connectivity index (χ0n) is 10.2. The van der Waals surface area contributed by atoms with Crippen LogP contribution >= 0.6 is 0 Å². The van der Waals surface area contributed by atoms with Crippen molar-refractivity contribution in [2.75, 3.05) is 6.54 Å². The fourth-order valence-corrected chi connectivity index (χ4v) is 1.91. The Balaban J connectivity index is 1.65. The number of nitrogens with zero attached hydrogens (tertiary/aromatic N) is 2. The summed E-state index contributed by atoms with van der Waals surface area (Å²) in [7, 11) is 0. The zero-order chi connectivity index (χ0) is 13.1. The monoisotopic (exact) mass is 259 g/mol. The molecule has 98 valence electrons. The molecule has 0 aliphatic rings. The van der Waals surface area contributed by atoms with Gasteiger partial charge in [-0.15, -0.1) is 0 Å². The maximum absolute atomic E-state index is 11.7. The van der Waals surface area contributed by atoms with Crippen molar-refractivity contribution >= 4 is 11.2 Å². The van der Waals surface area contributed by atoms with Crippen molar-refractivity contribution in [1.29, 1.82) is 0 Å². The molecule has 3 aromatic rings. The molecule has 0 aliphatic heterocycles. The van der Waals surface area contributed by atoms with Gasteiger partial charge >= 0.3 is 5.76 Å². The van der Waals surface area contributed by atoms with Crippen LogP contribution in [0.2, 0.25) is 0 Å². The standard InChI is InChI=1S/C13H13N3O3/c17-13-16(12-11(19-13)4-1-5-15-12)7-6-14-9-10-3-2-8-18-10/h1-5,8,14H,6-7,9H2. The second-order valence-corrected chi connectivity index (χ2v) is 4.10. The van der Waals surface area contributed by atoms with Crippen LogP contribution < -0.4 is 11.1 Å². The summed E-state index contributed by atoms with van der Waals surface area (Å²) < 4.78 is 11.8. The maximum Gasteiger partial charge on any atom is 0.421 e. The van der Waals surface area contributed by atoms with Gasteiger partial charge in [0.15, 0.2) is 11.2 Å². The summed E-state index contributed by atoms with van der Waals surface area (Å²) in [6.07, 6.45) is 3.28. The molecule has 1 N–H and O–H groups in total. The first-order valence-corrected chi connectivity index (χ1v) is 6.02. The van der Waals surface area contributed by atoms with E-state index in [9.17, 15) is 4.79 Å². The number of furan rings is 1. The molecule has 3 rings (SSSR count). The van der Waals surface area contributed by atoms with E-state index in [1.165, 1.54) is 4.57 Å². The van der Waals surface area contributed by atoms with Gasteiger partial charge in [-0.05, 0) is 24.3 Å². The fraction of sp³-hybridized carbons (Fsp3) is 0.231. The molecule has 0 atom stereocenters. The van der Waals surface area contributed by atoms with Gasteiger partial charge in [-0.3, -0.25) is 4.57 Å². The van der Waals surface area contributed by atoms with Crippen LogP contribution in [0.5, 0.6) is 0 Å². The Kier molecular flexibility index (Phi) is 3.16. The minimum Gasteiger partial charge on any atom is -0.468 e. The molecule has 3 aromatic heterocycles. The van der Waals surface area contributed by atoms with Gasteiger partial charge in [0, 0.05) is 19.3 Å². The van der Waals surface area contributed by atoms with Crippen molar-refractivity contribution in [3.8, 4) is 0 Å². The number of nitrogens with one attached hydrogen (secondary N) is 1. The lowest BCUT2D eigenvalue weighted by Crippen LogP contribution is -2.24. The molecule has 0 radical (unpaired) electrons. The lowest BCUT2D eigenvalue weighted by atomic mass is 10.4. The largest absolute Gasteiger partial charge is 0.468 e. The predicted molar refractivity (Wildman–Crippen MR) is 68.7 cm³/mol. The summed E-state index contributed by atoms with van der Waals surface area (Å²) in [5, 5.41) is 3.20. The van der Waals surface area contributed by atoms with E-state index in [0.29, 0.717) is 30.9 Å². The molecule has 0 amide bonds. The maximum atomic E-state index is 11.7. The summed E-state index contributed by atoms with van der Waals surface area (Å²) in [6, 6.07) is 7.21. The number of pyridine rings is 1. The Bertz CT molecular complexity index is 712.